The Morgan fingerprint density at radius 3 is 2.23 bits per heavy atom. The summed E-state index contributed by atoms with van der Waals surface area (Å²) in [5.74, 6) is 2.90. The molecule has 1 heterocycles. The van der Waals surface area contributed by atoms with E-state index in [0.29, 0.717) is 11.5 Å². The standard InChI is InChI=1S/C18H18O4/c1-11-13-6-5-7-15(20-3)18(13)22-17(11)12-8-9-14(19-2)16(10-12)21-4/h5-10H,1-4H3. The maximum Gasteiger partial charge on any atom is 0.176 e. The molecule has 0 unspecified atom stereocenters. The number of fused-ring (bicyclic) bond motifs is 1. The van der Waals surface area contributed by atoms with Gasteiger partial charge in [0, 0.05) is 16.5 Å². The molecule has 4 heteroatoms. The van der Waals surface area contributed by atoms with E-state index in [1.807, 2.05) is 43.3 Å². The molecule has 0 aliphatic heterocycles. The zero-order valence-electron chi connectivity index (χ0n) is 13.1. The van der Waals surface area contributed by atoms with Gasteiger partial charge in [0.2, 0.25) is 0 Å². The number of para-hydroxylation sites is 1. The Balaban J connectivity index is 2.20. The summed E-state index contributed by atoms with van der Waals surface area (Å²) < 4.78 is 22.1. The number of ether oxygens (including phenoxy) is 3. The summed E-state index contributed by atoms with van der Waals surface area (Å²) in [6, 6.07) is 11.6. The number of furan rings is 1. The Hall–Kier alpha value is -2.62. The van der Waals surface area contributed by atoms with Crippen molar-refractivity contribution in [3.05, 3.63) is 42.0 Å². The van der Waals surface area contributed by atoms with Gasteiger partial charge in [0.25, 0.3) is 0 Å². The Labute approximate surface area is 129 Å². The minimum Gasteiger partial charge on any atom is -0.493 e. The summed E-state index contributed by atoms with van der Waals surface area (Å²) in [5, 5.41) is 1.05. The molecule has 0 bridgehead atoms. The lowest BCUT2D eigenvalue weighted by molar-refractivity contribution is 0.355. The van der Waals surface area contributed by atoms with Gasteiger partial charge in [-0.2, -0.15) is 0 Å². The van der Waals surface area contributed by atoms with E-state index >= 15 is 0 Å². The fraction of sp³-hybridized carbons (Fsp3) is 0.222. The van der Waals surface area contributed by atoms with Crippen LogP contribution < -0.4 is 14.2 Å². The molecule has 0 saturated carbocycles. The fourth-order valence-electron chi connectivity index (χ4n) is 2.63. The van der Waals surface area contributed by atoms with E-state index in [1.54, 1.807) is 21.3 Å². The lowest BCUT2D eigenvalue weighted by Crippen LogP contribution is -1.90. The third kappa shape index (κ3) is 2.17. The molecule has 0 aliphatic rings. The Bertz CT molecular complexity index is 817. The van der Waals surface area contributed by atoms with Gasteiger partial charge in [0.05, 0.1) is 21.3 Å². The minimum atomic E-state index is 0.673. The van der Waals surface area contributed by atoms with Gasteiger partial charge in [0.15, 0.2) is 22.8 Å². The van der Waals surface area contributed by atoms with Crippen molar-refractivity contribution in [3.63, 3.8) is 0 Å². The van der Waals surface area contributed by atoms with E-state index in [1.165, 1.54) is 0 Å². The van der Waals surface area contributed by atoms with E-state index in [9.17, 15) is 0 Å². The van der Waals surface area contributed by atoms with Crippen molar-refractivity contribution in [2.75, 3.05) is 21.3 Å². The van der Waals surface area contributed by atoms with E-state index in [2.05, 4.69) is 0 Å². The maximum atomic E-state index is 6.06. The number of aryl methyl sites for hydroxylation is 1. The topological polar surface area (TPSA) is 40.8 Å². The first-order valence-corrected chi connectivity index (χ1v) is 6.98. The van der Waals surface area contributed by atoms with Gasteiger partial charge in [0.1, 0.15) is 5.76 Å². The second kappa shape index (κ2) is 5.64. The lowest BCUT2D eigenvalue weighted by atomic mass is 10.1. The molecular weight excluding hydrogens is 280 g/mol. The van der Waals surface area contributed by atoms with E-state index < -0.39 is 0 Å². The molecule has 0 saturated heterocycles. The second-order valence-corrected chi connectivity index (χ2v) is 4.96. The van der Waals surface area contributed by atoms with Gasteiger partial charge >= 0.3 is 0 Å². The van der Waals surface area contributed by atoms with Crippen LogP contribution in [0.3, 0.4) is 0 Å². The third-order valence-electron chi connectivity index (χ3n) is 3.79. The van der Waals surface area contributed by atoms with Crippen molar-refractivity contribution in [3.8, 4) is 28.6 Å². The van der Waals surface area contributed by atoms with Crippen molar-refractivity contribution in [1.29, 1.82) is 0 Å². The SMILES string of the molecule is COc1ccc(-c2oc3c(OC)cccc3c2C)cc1OC. The van der Waals surface area contributed by atoms with Gasteiger partial charge in [-0.05, 0) is 31.2 Å². The van der Waals surface area contributed by atoms with Crippen LogP contribution in [0.15, 0.2) is 40.8 Å². The molecule has 0 fully saturated rings. The number of rotatable bonds is 4. The summed E-state index contributed by atoms with van der Waals surface area (Å²) in [6.45, 7) is 2.04. The normalized spacial score (nSPS) is 10.7. The van der Waals surface area contributed by atoms with Crippen LogP contribution in [0, 0.1) is 6.92 Å². The molecule has 0 aliphatic carbocycles. The predicted octanol–water partition coefficient (Wildman–Crippen LogP) is 4.43. The fourth-order valence-corrected chi connectivity index (χ4v) is 2.63. The van der Waals surface area contributed by atoms with Crippen molar-refractivity contribution in [2.24, 2.45) is 0 Å². The summed E-state index contributed by atoms with van der Waals surface area (Å²) in [4.78, 5) is 0. The molecule has 0 amide bonds. The largest absolute Gasteiger partial charge is 0.493 e. The first-order chi connectivity index (χ1) is 10.7. The molecule has 0 atom stereocenters. The molecule has 3 rings (SSSR count). The average molecular weight is 298 g/mol. The van der Waals surface area contributed by atoms with Crippen LogP contribution >= 0.6 is 0 Å². The van der Waals surface area contributed by atoms with Crippen LogP contribution in [0.4, 0.5) is 0 Å². The molecule has 1 aromatic heterocycles. The minimum absolute atomic E-state index is 0.673. The monoisotopic (exact) mass is 298 g/mol. The van der Waals surface area contributed by atoms with E-state index in [-0.39, 0.29) is 0 Å². The molecule has 4 nitrogen and oxygen atoms in total. The summed E-state index contributed by atoms with van der Waals surface area (Å²) >= 11 is 0. The highest BCUT2D eigenvalue weighted by molar-refractivity contribution is 5.91. The van der Waals surface area contributed by atoms with Crippen molar-refractivity contribution in [1.82, 2.24) is 0 Å². The molecule has 0 radical (unpaired) electrons. The van der Waals surface area contributed by atoms with Gasteiger partial charge in [-0.15, -0.1) is 0 Å². The quantitative estimate of drug-likeness (QED) is 0.714. The number of methoxy groups -OCH3 is 3. The molecule has 22 heavy (non-hydrogen) atoms. The summed E-state index contributed by atoms with van der Waals surface area (Å²) in [7, 11) is 4.88. The molecule has 2 aromatic carbocycles. The van der Waals surface area contributed by atoms with Gasteiger partial charge in [-0.1, -0.05) is 12.1 Å². The molecule has 3 aromatic rings. The molecule has 0 N–H and O–H groups in total. The number of hydrogen-bond donors (Lipinski definition) is 0. The van der Waals surface area contributed by atoms with Crippen LogP contribution in [0.2, 0.25) is 0 Å². The molecular formula is C18H18O4. The van der Waals surface area contributed by atoms with Crippen molar-refractivity contribution < 1.29 is 18.6 Å². The smallest absolute Gasteiger partial charge is 0.176 e. The van der Waals surface area contributed by atoms with E-state index in [0.717, 1.165) is 33.6 Å². The number of hydrogen-bond acceptors (Lipinski definition) is 4. The van der Waals surface area contributed by atoms with Crippen molar-refractivity contribution in [2.45, 2.75) is 6.92 Å². The van der Waals surface area contributed by atoms with E-state index in [4.69, 9.17) is 18.6 Å². The predicted molar refractivity (Wildman–Crippen MR) is 86.0 cm³/mol. The average Bonchev–Trinajstić information content (AvgIpc) is 2.91. The van der Waals surface area contributed by atoms with Crippen LogP contribution in [0.25, 0.3) is 22.3 Å². The van der Waals surface area contributed by atoms with Crippen LogP contribution in [-0.4, -0.2) is 21.3 Å². The van der Waals surface area contributed by atoms with Crippen LogP contribution in [0.1, 0.15) is 5.56 Å². The first kappa shape index (κ1) is 14.3. The Morgan fingerprint density at radius 1 is 0.818 bits per heavy atom. The first-order valence-electron chi connectivity index (χ1n) is 6.98. The molecule has 0 spiro atoms. The third-order valence-corrected chi connectivity index (χ3v) is 3.79. The molecule has 114 valence electrons. The summed E-state index contributed by atoms with van der Waals surface area (Å²) in [5.41, 5.74) is 2.77. The van der Waals surface area contributed by atoms with Gasteiger partial charge in [-0.25, -0.2) is 0 Å². The van der Waals surface area contributed by atoms with Crippen LogP contribution in [-0.2, 0) is 0 Å². The second-order valence-electron chi connectivity index (χ2n) is 4.96. The Morgan fingerprint density at radius 2 is 1.55 bits per heavy atom. The van der Waals surface area contributed by atoms with Crippen LogP contribution in [0.5, 0.6) is 17.2 Å². The Kier molecular flexibility index (Phi) is 3.67. The number of benzene rings is 2. The summed E-state index contributed by atoms with van der Waals surface area (Å²) in [6.07, 6.45) is 0. The van der Waals surface area contributed by atoms with Gasteiger partial charge in [-0.3, -0.25) is 0 Å². The van der Waals surface area contributed by atoms with Crippen molar-refractivity contribution >= 4 is 11.0 Å². The maximum absolute atomic E-state index is 6.06. The highest BCUT2D eigenvalue weighted by Gasteiger charge is 2.16. The van der Waals surface area contributed by atoms with Gasteiger partial charge < -0.3 is 18.6 Å². The zero-order chi connectivity index (χ0) is 15.7. The lowest BCUT2D eigenvalue weighted by Gasteiger charge is -2.08. The highest BCUT2D eigenvalue weighted by atomic mass is 16.5. The zero-order valence-corrected chi connectivity index (χ0v) is 13.1. The highest BCUT2D eigenvalue weighted by Crippen LogP contribution is 2.39.